The van der Waals surface area contributed by atoms with Crippen LogP contribution in [0.4, 0.5) is 0 Å². The van der Waals surface area contributed by atoms with Gasteiger partial charge in [0.25, 0.3) is 5.91 Å². The summed E-state index contributed by atoms with van der Waals surface area (Å²) >= 11 is 0. The van der Waals surface area contributed by atoms with Crippen LogP contribution in [0.3, 0.4) is 0 Å². The van der Waals surface area contributed by atoms with Gasteiger partial charge < -0.3 is 9.64 Å². The van der Waals surface area contributed by atoms with Crippen molar-refractivity contribution in [2.75, 3.05) is 13.2 Å². The summed E-state index contributed by atoms with van der Waals surface area (Å²) in [6.07, 6.45) is 8.12. The van der Waals surface area contributed by atoms with Crippen molar-refractivity contribution in [3.8, 4) is 5.75 Å². The second kappa shape index (κ2) is 11.0. The number of ether oxygens (including phenoxy) is 1. The number of rotatable bonds is 8. The van der Waals surface area contributed by atoms with Crippen LogP contribution in [0, 0.1) is 0 Å². The molecule has 3 aromatic rings. The Bertz CT molecular complexity index is 1370. The predicted molar refractivity (Wildman–Crippen MR) is 144 cm³/mol. The third-order valence-corrected chi connectivity index (χ3v) is 7.95. The molecule has 3 amide bonds. The van der Waals surface area contributed by atoms with E-state index in [1.807, 2.05) is 41.2 Å². The molecule has 0 saturated carbocycles. The zero-order valence-corrected chi connectivity index (χ0v) is 21.9. The summed E-state index contributed by atoms with van der Waals surface area (Å²) in [6.45, 7) is 3.54. The first-order valence-electron chi connectivity index (χ1n) is 13.7. The van der Waals surface area contributed by atoms with E-state index in [9.17, 15) is 14.4 Å². The fourth-order valence-electron chi connectivity index (χ4n) is 5.87. The second-order valence-electron chi connectivity index (χ2n) is 10.7. The summed E-state index contributed by atoms with van der Waals surface area (Å²) in [5, 5.41) is 6.92. The molecule has 3 aliphatic rings. The van der Waals surface area contributed by atoms with Crippen molar-refractivity contribution >= 4 is 17.7 Å². The number of fused-ring (bicyclic) bond motifs is 1. The van der Waals surface area contributed by atoms with Crippen molar-refractivity contribution in [3.63, 3.8) is 0 Å². The number of aromatic nitrogens is 2. The van der Waals surface area contributed by atoms with Gasteiger partial charge in [0, 0.05) is 42.9 Å². The van der Waals surface area contributed by atoms with Crippen LogP contribution in [0.15, 0.2) is 60.9 Å². The van der Waals surface area contributed by atoms with Crippen LogP contribution in [-0.4, -0.2) is 62.5 Å². The summed E-state index contributed by atoms with van der Waals surface area (Å²) in [6, 6.07) is 15.6. The van der Waals surface area contributed by atoms with Gasteiger partial charge in [-0.3, -0.25) is 29.3 Å². The molecule has 9 nitrogen and oxygen atoms in total. The lowest BCUT2D eigenvalue weighted by Gasteiger charge is -2.35. The predicted octanol–water partition coefficient (Wildman–Crippen LogP) is 3.13. The normalized spacial score (nSPS) is 21.6. The number of piperidine rings is 2. The van der Waals surface area contributed by atoms with E-state index in [4.69, 9.17) is 4.74 Å². The van der Waals surface area contributed by atoms with E-state index in [0.29, 0.717) is 31.2 Å². The summed E-state index contributed by atoms with van der Waals surface area (Å²) < 4.78 is 8.25. The lowest BCUT2D eigenvalue weighted by atomic mass is 10.0. The molecule has 0 aliphatic carbocycles. The summed E-state index contributed by atoms with van der Waals surface area (Å²) in [5.41, 5.74) is 3.88. The Labute approximate surface area is 227 Å². The van der Waals surface area contributed by atoms with Gasteiger partial charge in [-0.05, 0) is 55.1 Å². The zero-order chi connectivity index (χ0) is 26.8. The Hall–Kier alpha value is -3.98. The summed E-state index contributed by atoms with van der Waals surface area (Å²) in [5.74, 6) is -0.119. The van der Waals surface area contributed by atoms with Crippen LogP contribution >= 0.6 is 0 Å². The van der Waals surface area contributed by atoms with E-state index in [0.717, 1.165) is 37.4 Å². The van der Waals surface area contributed by atoms with E-state index in [1.54, 1.807) is 11.0 Å². The van der Waals surface area contributed by atoms with Crippen molar-refractivity contribution in [2.24, 2.45) is 0 Å². The fraction of sp³-hybridized carbons (Fsp3) is 0.400. The quantitative estimate of drug-likeness (QED) is 0.452. The Balaban J connectivity index is 1.06. The number of benzene rings is 2. The number of likely N-dealkylation sites (tertiary alicyclic amines) is 1. The number of nitrogens with zero attached hydrogens (tertiary/aromatic N) is 4. The standard InChI is InChI=1S/C30H33N5O4/c36-28-12-11-27(29(37)32-28)35-19-23-14-25(9-10-26(23)30(35)38)39-20-24-8-4-5-13-33(24)16-22-15-31-34(18-22)17-21-6-2-1-3-7-21/h1-3,6-7,9-10,14-15,18,24,27H,4-5,8,11-13,16-17,19-20H2,(H,32,36,37). The van der Waals surface area contributed by atoms with Gasteiger partial charge in [-0.25, -0.2) is 0 Å². The molecule has 0 bridgehead atoms. The lowest BCUT2D eigenvalue weighted by molar-refractivity contribution is -0.136. The van der Waals surface area contributed by atoms with Gasteiger partial charge in [-0.2, -0.15) is 5.10 Å². The first-order valence-corrected chi connectivity index (χ1v) is 13.7. The van der Waals surface area contributed by atoms with Crippen molar-refractivity contribution in [2.45, 2.75) is 63.8 Å². The van der Waals surface area contributed by atoms with Crippen LogP contribution in [-0.2, 0) is 29.2 Å². The maximum atomic E-state index is 13.0. The fourth-order valence-corrected chi connectivity index (χ4v) is 5.87. The van der Waals surface area contributed by atoms with Crippen LogP contribution in [0.5, 0.6) is 5.75 Å². The van der Waals surface area contributed by atoms with Gasteiger partial charge in [-0.1, -0.05) is 36.8 Å². The van der Waals surface area contributed by atoms with Crippen LogP contribution in [0.2, 0.25) is 0 Å². The molecule has 3 aliphatic heterocycles. The molecule has 39 heavy (non-hydrogen) atoms. The molecule has 202 valence electrons. The summed E-state index contributed by atoms with van der Waals surface area (Å²) in [4.78, 5) is 40.8. The van der Waals surface area contributed by atoms with Gasteiger partial charge in [-0.15, -0.1) is 0 Å². The minimum atomic E-state index is -0.611. The molecule has 2 unspecified atom stereocenters. The lowest BCUT2D eigenvalue weighted by Crippen LogP contribution is -2.52. The molecule has 2 saturated heterocycles. The van der Waals surface area contributed by atoms with E-state index in [2.05, 4.69) is 33.6 Å². The molecule has 2 aromatic carbocycles. The molecule has 1 N–H and O–H groups in total. The molecule has 0 spiro atoms. The van der Waals surface area contributed by atoms with E-state index >= 15 is 0 Å². The molecular weight excluding hydrogens is 494 g/mol. The van der Waals surface area contributed by atoms with Crippen LogP contribution in [0.25, 0.3) is 0 Å². The molecule has 2 atom stereocenters. The monoisotopic (exact) mass is 527 g/mol. The number of nitrogens with one attached hydrogen (secondary N) is 1. The third kappa shape index (κ3) is 5.59. The van der Waals surface area contributed by atoms with E-state index in [1.165, 1.54) is 24.0 Å². The maximum absolute atomic E-state index is 13.0. The minimum Gasteiger partial charge on any atom is -0.492 e. The van der Waals surface area contributed by atoms with Crippen molar-refractivity contribution in [3.05, 3.63) is 83.2 Å². The maximum Gasteiger partial charge on any atom is 0.255 e. The molecule has 1 aromatic heterocycles. The number of carbonyl (C=O) groups excluding carboxylic acids is 3. The Morgan fingerprint density at radius 1 is 0.974 bits per heavy atom. The third-order valence-electron chi connectivity index (χ3n) is 7.95. The van der Waals surface area contributed by atoms with Crippen molar-refractivity contribution in [1.29, 1.82) is 0 Å². The second-order valence-corrected chi connectivity index (χ2v) is 10.7. The number of carbonyl (C=O) groups is 3. The zero-order valence-electron chi connectivity index (χ0n) is 21.9. The molecule has 4 heterocycles. The van der Waals surface area contributed by atoms with Gasteiger partial charge in [0.15, 0.2) is 0 Å². The Morgan fingerprint density at radius 3 is 2.69 bits per heavy atom. The molecule has 2 fully saturated rings. The first kappa shape index (κ1) is 25.3. The smallest absolute Gasteiger partial charge is 0.255 e. The average molecular weight is 528 g/mol. The van der Waals surface area contributed by atoms with Gasteiger partial charge in [0.05, 0.1) is 12.7 Å². The highest BCUT2D eigenvalue weighted by Crippen LogP contribution is 2.30. The molecule has 0 radical (unpaired) electrons. The van der Waals surface area contributed by atoms with E-state index in [-0.39, 0.29) is 18.2 Å². The Kier molecular flexibility index (Phi) is 7.15. The number of hydrogen-bond acceptors (Lipinski definition) is 6. The average Bonchev–Trinajstić information content (AvgIpc) is 3.52. The highest BCUT2D eigenvalue weighted by atomic mass is 16.5. The minimum absolute atomic E-state index is 0.169. The van der Waals surface area contributed by atoms with Crippen molar-refractivity contribution in [1.82, 2.24) is 24.9 Å². The first-order chi connectivity index (χ1) is 19.0. The van der Waals surface area contributed by atoms with Crippen LogP contribution in [0.1, 0.15) is 59.2 Å². The highest BCUT2D eigenvalue weighted by Gasteiger charge is 2.39. The topological polar surface area (TPSA) is 96.8 Å². The van der Waals surface area contributed by atoms with Gasteiger partial charge >= 0.3 is 0 Å². The number of hydrogen-bond donors (Lipinski definition) is 1. The number of imide groups is 1. The number of amides is 3. The van der Waals surface area contributed by atoms with Crippen molar-refractivity contribution < 1.29 is 19.1 Å². The largest absolute Gasteiger partial charge is 0.492 e. The van der Waals surface area contributed by atoms with Crippen LogP contribution < -0.4 is 10.1 Å². The molecule has 9 heteroatoms. The molecule has 6 rings (SSSR count). The van der Waals surface area contributed by atoms with Gasteiger partial charge in [0.1, 0.15) is 18.4 Å². The SMILES string of the molecule is O=C1CCC(N2Cc3cc(OCC4CCCCN4Cc4cnn(Cc5ccccc5)c4)ccc3C2=O)C(=O)N1. The highest BCUT2D eigenvalue weighted by molar-refractivity contribution is 6.05. The molecular formula is C30H33N5O4. The van der Waals surface area contributed by atoms with E-state index < -0.39 is 11.9 Å². The van der Waals surface area contributed by atoms with Gasteiger partial charge in [0.2, 0.25) is 11.8 Å². The summed E-state index contributed by atoms with van der Waals surface area (Å²) in [7, 11) is 0. The Morgan fingerprint density at radius 2 is 1.85 bits per heavy atom.